The lowest BCUT2D eigenvalue weighted by Gasteiger charge is -2.47. The van der Waals surface area contributed by atoms with Gasteiger partial charge in [0, 0.05) is 18.1 Å². The van der Waals surface area contributed by atoms with Crippen LogP contribution in [0, 0.1) is 0 Å². The molecule has 2 bridgehead atoms. The number of anilines is 1. The van der Waals surface area contributed by atoms with E-state index in [0.29, 0.717) is 28.7 Å². The van der Waals surface area contributed by atoms with Crippen molar-refractivity contribution < 1.29 is 4.79 Å². The van der Waals surface area contributed by atoms with E-state index in [1.54, 1.807) is 6.07 Å². The van der Waals surface area contributed by atoms with Gasteiger partial charge in [-0.2, -0.15) is 0 Å². The Morgan fingerprint density at radius 3 is 2.68 bits per heavy atom. The van der Waals surface area contributed by atoms with Gasteiger partial charge in [-0.15, -0.1) is 11.3 Å². The van der Waals surface area contributed by atoms with Crippen LogP contribution in [0.2, 0.25) is 0 Å². The summed E-state index contributed by atoms with van der Waals surface area (Å²) in [6.07, 6.45) is 6.01. The lowest BCUT2D eigenvalue weighted by atomic mass is 9.82. The lowest BCUT2D eigenvalue weighted by molar-refractivity contribution is 0.0464. The fraction of sp³-hybridized carbons (Fsp3) is 0.643. The monoisotopic (exact) mass is 279 g/mol. The molecule has 0 saturated carbocycles. The third kappa shape index (κ3) is 2.49. The van der Waals surface area contributed by atoms with Gasteiger partial charge < -0.3 is 16.0 Å². The van der Waals surface area contributed by atoms with Gasteiger partial charge >= 0.3 is 0 Å². The molecule has 0 radical (unpaired) electrons. The Kier molecular flexibility index (Phi) is 3.50. The normalized spacial score (nSPS) is 31.1. The smallest absolute Gasteiger partial charge is 0.263 e. The largest absolute Gasteiger partial charge is 0.397 e. The van der Waals surface area contributed by atoms with Gasteiger partial charge in [0.2, 0.25) is 0 Å². The minimum Gasteiger partial charge on any atom is -0.397 e. The number of piperidine rings is 2. The van der Waals surface area contributed by atoms with Crippen molar-refractivity contribution >= 4 is 22.9 Å². The molecule has 1 aromatic rings. The molecule has 2 fully saturated rings. The zero-order valence-corrected chi connectivity index (χ0v) is 12.1. The van der Waals surface area contributed by atoms with E-state index in [0.717, 1.165) is 12.8 Å². The first kappa shape index (κ1) is 12.9. The average molecular weight is 279 g/mol. The number of nitrogen functional groups attached to an aromatic ring is 1. The Morgan fingerprint density at radius 1 is 1.42 bits per heavy atom. The van der Waals surface area contributed by atoms with Gasteiger partial charge in [0.25, 0.3) is 5.91 Å². The molecule has 19 heavy (non-hydrogen) atoms. The number of amides is 1. The van der Waals surface area contributed by atoms with Crippen molar-refractivity contribution in [1.82, 2.24) is 10.2 Å². The van der Waals surface area contributed by atoms with Crippen LogP contribution in [0.15, 0.2) is 11.4 Å². The number of nitrogens with zero attached hydrogens (tertiary/aromatic N) is 1. The zero-order chi connectivity index (χ0) is 13.4. The number of hydrogen-bond donors (Lipinski definition) is 2. The van der Waals surface area contributed by atoms with Crippen molar-refractivity contribution in [2.75, 3.05) is 12.8 Å². The van der Waals surface area contributed by atoms with Gasteiger partial charge in [0.05, 0.1) is 5.69 Å². The number of fused-ring (bicyclic) bond motifs is 2. The predicted octanol–water partition coefficient (Wildman–Crippen LogP) is 2.08. The molecule has 3 heterocycles. The highest BCUT2D eigenvalue weighted by Crippen LogP contribution is 2.33. The standard InChI is InChI=1S/C14H21N3OS/c1-17-10-3-2-4-11(17)8-9(7-10)16-14(18)13-12(15)5-6-19-13/h5-6,9-11H,2-4,7-8,15H2,1H3,(H,16,18). The van der Waals surface area contributed by atoms with Crippen LogP contribution in [0.1, 0.15) is 41.8 Å². The van der Waals surface area contributed by atoms with E-state index in [2.05, 4.69) is 17.3 Å². The summed E-state index contributed by atoms with van der Waals surface area (Å²) in [5, 5.41) is 5.04. The molecule has 0 aliphatic carbocycles. The molecule has 3 N–H and O–H groups in total. The van der Waals surface area contributed by atoms with Gasteiger partial charge in [0.1, 0.15) is 4.88 Å². The highest BCUT2D eigenvalue weighted by Gasteiger charge is 2.36. The molecular weight excluding hydrogens is 258 g/mol. The molecule has 2 atom stereocenters. The molecule has 104 valence electrons. The van der Waals surface area contributed by atoms with E-state index in [9.17, 15) is 4.79 Å². The molecule has 0 aromatic carbocycles. The summed E-state index contributed by atoms with van der Waals surface area (Å²) in [6, 6.07) is 3.38. The number of nitrogens with two attached hydrogens (primary N) is 1. The Labute approximate surface area is 118 Å². The summed E-state index contributed by atoms with van der Waals surface area (Å²) in [5.74, 6) is 0.000117. The minimum atomic E-state index is 0.000117. The Bertz CT molecular complexity index is 459. The Hall–Kier alpha value is -1.07. The molecule has 0 spiro atoms. The van der Waals surface area contributed by atoms with Crippen molar-refractivity contribution in [2.45, 2.75) is 50.2 Å². The molecule has 1 aromatic heterocycles. The van der Waals surface area contributed by atoms with Crippen molar-refractivity contribution in [3.05, 3.63) is 16.3 Å². The Balaban J connectivity index is 1.65. The molecule has 2 saturated heterocycles. The van der Waals surface area contributed by atoms with Crippen molar-refractivity contribution in [2.24, 2.45) is 0 Å². The van der Waals surface area contributed by atoms with Crippen LogP contribution in [0.4, 0.5) is 5.69 Å². The maximum absolute atomic E-state index is 12.2. The number of carbonyl (C=O) groups is 1. The molecule has 2 unspecified atom stereocenters. The summed E-state index contributed by atoms with van der Waals surface area (Å²) >= 11 is 1.42. The van der Waals surface area contributed by atoms with Crippen LogP contribution >= 0.6 is 11.3 Å². The summed E-state index contributed by atoms with van der Waals surface area (Å²) in [4.78, 5) is 15.4. The molecule has 2 aliphatic heterocycles. The van der Waals surface area contributed by atoms with Crippen LogP contribution < -0.4 is 11.1 Å². The molecule has 3 rings (SSSR count). The van der Waals surface area contributed by atoms with Crippen molar-refractivity contribution in [1.29, 1.82) is 0 Å². The third-order valence-corrected chi connectivity index (χ3v) is 5.51. The van der Waals surface area contributed by atoms with Crippen molar-refractivity contribution in [3.8, 4) is 0 Å². The topological polar surface area (TPSA) is 58.4 Å². The van der Waals surface area contributed by atoms with Gasteiger partial charge in [-0.25, -0.2) is 0 Å². The first-order valence-electron chi connectivity index (χ1n) is 7.01. The third-order valence-electron chi connectivity index (χ3n) is 4.58. The number of thiophene rings is 1. The molecule has 5 heteroatoms. The predicted molar refractivity (Wildman–Crippen MR) is 78.4 cm³/mol. The second-order valence-electron chi connectivity index (χ2n) is 5.75. The zero-order valence-electron chi connectivity index (χ0n) is 11.3. The SMILES string of the molecule is CN1C2CCCC1CC(NC(=O)c1sccc1N)C2. The van der Waals surface area contributed by atoms with Gasteiger partial charge in [-0.1, -0.05) is 6.42 Å². The maximum Gasteiger partial charge on any atom is 0.263 e. The summed E-state index contributed by atoms with van der Waals surface area (Å²) in [7, 11) is 2.23. The highest BCUT2D eigenvalue weighted by atomic mass is 32.1. The first-order chi connectivity index (χ1) is 9.15. The second-order valence-corrected chi connectivity index (χ2v) is 6.67. The maximum atomic E-state index is 12.2. The van der Waals surface area contributed by atoms with E-state index >= 15 is 0 Å². The van der Waals surface area contributed by atoms with Crippen LogP contribution in [-0.2, 0) is 0 Å². The number of hydrogen-bond acceptors (Lipinski definition) is 4. The number of nitrogens with one attached hydrogen (secondary N) is 1. The molecular formula is C14H21N3OS. The van der Waals surface area contributed by atoms with Crippen LogP contribution in [0.25, 0.3) is 0 Å². The van der Waals surface area contributed by atoms with Crippen LogP contribution in [0.5, 0.6) is 0 Å². The van der Waals surface area contributed by atoms with E-state index in [1.165, 1.54) is 30.6 Å². The quantitative estimate of drug-likeness (QED) is 0.871. The van der Waals surface area contributed by atoms with E-state index in [-0.39, 0.29) is 5.91 Å². The Morgan fingerprint density at radius 2 is 2.11 bits per heavy atom. The summed E-state index contributed by atoms with van der Waals surface area (Å²) in [5.41, 5.74) is 6.40. The fourth-order valence-corrected chi connectivity index (χ4v) is 4.21. The van der Waals surface area contributed by atoms with Gasteiger partial charge in [0.15, 0.2) is 0 Å². The highest BCUT2D eigenvalue weighted by molar-refractivity contribution is 7.12. The minimum absolute atomic E-state index is 0.000117. The number of carbonyl (C=O) groups excluding carboxylic acids is 1. The van der Waals surface area contributed by atoms with Crippen molar-refractivity contribution in [3.63, 3.8) is 0 Å². The molecule has 4 nitrogen and oxygen atoms in total. The fourth-order valence-electron chi connectivity index (χ4n) is 3.49. The van der Waals surface area contributed by atoms with Crippen LogP contribution in [-0.4, -0.2) is 36.0 Å². The van der Waals surface area contributed by atoms with E-state index in [1.807, 2.05) is 5.38 Å². The van der Waals surface area contributed by atoms with Crippen LogP contribution in [0.3, 0.4) is 0 Å². The van der Waals surface area contributed by atoms with Gasteiger partial charge in [-0.05, 0) is 44.2 Å². The second kappa shape index (κ2) is 5.13. The van der Waals surface area contributed by atoms with Gasteiger partial charge in [-0.3, -0.25) is 4.79 Å². The molecule has 2 aliphatic rings. The molecule has 1 amide bonds. The number of rotatable bonds is 2. The summed E-state index contributed by atoms with van der Waals surface area (Å²) in [6.45, 7) is 0. The van der Waals surface area contributed by atoms with E-state index in [4.69, 9.17) is 5.73 Å². The lowest BCUT2D eigenvalue weighted by Crippen LogP contribution is -2.55. The first-order valence-corrected chi connectivity index (χ1v) is 7.89. The summed E-state index contributed by atoms with van der Waals surface area (Å²) < 4.78 is 0. The average Bonchev–Trinajstić information content (AvgIpc) is 2.77. The van der Waals surface area contributed by atoms with E-state index < -0.39 is 0 Å².